The van der Waals surface area contributed by atoms with Crippen LogP contribution in [0.2, 0.25) is 0 Å². The zero-order valence-corrected chi connectivity index (χ0v) is 12.6. The predicted molar refractivity (Wildman–Crippen MR) is 78.5 cm³/mol. The average molecular weight is 281 g/mol. The summed E-state index contributed by atoms with van der Waals surface area (Å²) >= 11 is 1.75. The van der Waals surface area contributed by atoms with Gasteiger partial charge in [0, 0.05) is 11.4 Å². The smallest absolute Gasteiger partial charge is 0.227 e. The van der Waals surface area contributed by atoms with Crippen molar-refractivity contribution in [3.8, 4) is 0 Å². The van der Waals surface area contributed by atoms with Gasteiger partial charge in [-0.1, -0.05) is 13.8 Å². The highest BCUT2D eigenvalue weighted by Crippen LogP contribution is 2.35. The van der Waals surface area contributed by atoms with Gasteiger partial charge in [-0.25, -0.2) is 0 Å². The Morgan fingerprint density at radius 3 is 2.95 bits per heavy atom. The monoisotopic (exact) mass is 281 g/mol. The van der Waals surface area contributed by atoms with Crippen LogP contribution in [0.4, 0.5) is 0 Å². The van der Waals surface area contributed by atoms with Gasteiger partial charge >= 0.3 is 0 Å². The number of thiophene rings is 1. The largest absolute Gasteiger partial charge is 0.388 e. The average Bonchev–Trinajstić information content (AvgIpc) is 2.92. The molecule has 0 saturated carbocycles. The summed E-state index contributed by atoms with van der Waals surface area (Å²) in [5.41, 5.74) is 0.437. The summed E-state index contributed by atoms with van der Waals surface area (Å²) in [5.74, 6) is 0.0487. The Labute approximate surface area is 119 Å². The number of nitrogens with one attached hydrogen (secondary N) is 1. The molecule has 1 heterocycles. The van der Waals surface area contributed by atoms with Gasteiger partial charge in [0.15, 0.2) is 0 Å². The van der Waals surface area contributed by atoms with E-state index < -0.39 is 5.60 Å². The van der Waals surface area contributed by atoms with Crippen LogP contribution in [-0.2, 0) is 11.2 Å². The zero-order chi connectivity index (χ0) is 13.9. The Hall–Kier alpha value is -0.870. The van der Waals surface area contributed by atoms with E-state index in [9.17, 15) is 9.90 Å². The highest BCUT2D eigenvalue weighted by atomic mass is 32.1. The van der Waals surface area contributed by atoms with Crippen LogP contribution in [0.25, 0.3) is 0 Å². The Balaban J connectivity index is 1.99. The SMILES string of the molecule is CCC(O)(CC)CNC(=O)C1CCCc2sccc21. The van der Waals surface area contributed by atoms with Crippen molar-refractivity contribution < 1.29 is 9.90 Å². The molecule has 0 radical (unpaired) electrons. The summed E-state index contributed by atoms with van der Waals surface area (Å²) in [7, 11) is 0. The van der Waals surface area contributed by atoms with Crippen LogP contribution < -0.4 is 5.32 Å². The molecule has 0 bridgehead atoms. The lowest BCUT2D eigenvalue weighted by atomic mass is 9.87. The van der Waals surface area contributed by atoms with Gasteiger partial charge in [0.25, 0.3) is 0 Å². The molecule has 2 rings (SSSR count). The third-order valence-corrected chi connectivity index (χ3v) is 5.27. The lowest BCUT2D eigenvalue weighted by molar-refractivity contribution is -0.124. The van der Waals surface area contributed by atoms with Gasteiger partial charge in [-0.15, -0.1) is 11.3 Å². The fourth-order valence-electron chi connectivity index (χ4n) is 2.63. The summed E-state index contributed by atoms with van der Waals surface area (Å²) in [6.45, 7) is 4.26. The topological polar surface area (TPSA) is 49.3 Å². The van der Waals surface area contributed by atoms with Crippen LogP contribution in [-0.4, -0.2) is 23.2 Å². The van der Waals surface area contributed by atoms with Crippen molar-refractivity contribution in [2.45, 2.75) is 57.5 Å². The highest BCUT2D eigenvalue weighted by Gasteiger charge is 2.29. The summed E-state index contributed by atoms with van der Waals surface area (Å²) in [6, 6.07) is 2.08. The van der Waals surface area contributed by atoms with Gasteiger partial charge in [-0.2, -0.15) is 0 Å². The molecule has 1 unspecified atom stereocenters. The number of fused-ring (bicyclic) bond motifs is 1. The molecule has 1 aromatic heterocycles. The lowest BCUT2D eigenvalue weighted by Crippen LogP contribution is -2.43. The number of aryl methyl sites for hydroxylation is 1. The van der Waals surface area contributed by atoms with Crippen LogP contribution in [0.5, 0.6) is 0 Å². The van der Waals surface area contributed by atoms with Gasteiger partial charge in [-0.3, -0.25) is 4.79 Å². The number of rotatable bonds is 5. The first kappa shape index (κ1) is 14.5. The fraction of sp³-hybridized carbons (Fsp3) is 0.667. The van der Waals surface area contributed by atoms with Crippen LogP contribution in [0, 0.1) is 0 Å². The maximum Gasteiger partial charge on any atom is 0.227 e. The van der Waals surface area contributed by atoms with E-state index in [4.69, 9.17) is 0 Å². The van der Waals surface area contributed by atoms with Crippen molar-refractivity contribution >= 4 is 17.2 Å². The molecule has 2 N–H and O–H groups in total. The molecule has 1 atom stereocenters. The minimum atomic E-state index is -0.762. The minimum absolute atomic E-state index is 0.0204. The number of carbonyl (C=O) groups excluding carboxylic acids is 1. The quantitative estimate of drug-likeness (QED) is 0.872. The van der Waals surface area contributed by atoms with Crippen molar-refractivity contribution in [1.29, 1.82) is 0 Å². The first-order valence-corrected chi connectivity index (χ1v) is 8.04. The van der Waals surface area contributed by atoms with Gasteiger partial charge in [-0.05, 0) is 49.1 Å². The molecule has 1 amide bonds. The van der Waals surface area contributed by atoms with Crippen LogP contribution in [0.1, 0.15) is 55.9 Å². The summed E-state index contributed by atoms with van der Waals surface area (Å²) < 4.78 is 0. The molecule has 106 valence electrons. The number of amides is 1. The van der Waals surface area contributed by atoms with Gasteiger partial charge in [0.2, 0.25) is 5.91 Å². The first-order chi connectivity index (χ1) is 9.09. The Morgan fingerprint density at radius 2 is 2.26 bits per heavy atom. The molecular weight excluding hydrogens is 258 g/mol. The Morgan fingerprint density at radius 1 is 1.53 bits per heavy atom. The molecule has 3 nitrogen and oxygen atoms in total. The fourth-order valence-corrected chi connectivity index (χ4v) is 3.62. The van der Waals surface area contributed by atoms with Crippen molar-refractivity contribution in [3.05, 3.63) is 21.9 Å². The van der Waals surface area contributed by atoms with E-state index >= 15 is 0 Å². The minimum Gasteiger partial charge on any atom is -0.388 e. The summed E-state index contributed by atoms with van der Waals surface area (Å²) in [6.07, 6.45) is 4.44. The number of carbonyl (C=O) groups is 1. The van der Waals surface area contributed by atoms with Crippen molar-refractivity contribution in [3.63, 3.8) is 0 Å². The van der Waals surface area contributed by atoms with Crippen molar-refractivity contribution in [1.82, 2.24) is 5.32 Å². The third kappa shape index (κ3) is 3.18. The highest BCUT2D eigenvalue weighted by molar-refractivity contribution is 7.10. The third-order valence-electron chi connectivity index (χ3n) is 4.28. The van der Waals surface area contributed by atoms with Gasteiger partial charge in [0.05, 0.1) is 11.5 Å². The van der Waals surface area contributed by atoms with Crippen molar-refractivity contribution in [2.24, 2.45) is 0 Å². The standard InChI is InChI=1S/C15H23NO2S/c1-3-15(18,4-2)10-16-14(17)12-6-5-7-13-11(12)8-9-19-13/h8-9,12,18H,3-7,10H2,1-2H3,(H,16,17). The zero-order valence-electron chi connectivity index (χ0n) is 11.7. The number of aliphatic hydroxyl groups is 1. The number of hydrogen-bond donors (Lipinski definition) is 2. The van der Waals surface area contributed by atoms with Gasteiger partial charge in [0.1, 0.15) is 0 Å². The van der Waals surface area contributed by atoms with E-state index in [1.807, 2.05) is 13.8 Å². The predicted octanol–water partition coefficient (Wildman–Crippen LogP) is 2.84. The van der Waals surface area contributed by atoms with E-state index in [0.29, 0.717) is 19.4 Å². The molecule has 0 fully saturated rings. The molecule has 0 saturated heterocycles. The second-order valence-corrected chi connectivity index (χ2v) is 6.39. The van der Waals surface area contributed by atoms with E-state index in [1.54, 1.807) is 11.3 Å². The Kier molecular flexibility index (Phi) is 4.63. The molecule has 1 aliphatic rings. The molecular formula is C15H23NO2S. The van der Waals surface area contributed by atoms with E-state index in [1.165, 1.54) is 10.4 Å². The molecule has 1 aliphatic carbocycles. The second-order valence-electron chi connectivity index (χ2n) is 5.39. The molecule has 0 aliphatic heterocycles. The summed E-state index contributed by atoms with van der Waals surface area (Å²) in [5, 5.41) is 15.2. The van der Waals surface area contributed by atoms with E-state index in [2.05, 4.69) is 16.8 Å². The van der Waals surface area contributed by atoms with E-state index in [0.717, 1.165) is 19.3 Å². The van der Waals surface area contributed by atoms with Crippen LogP contribution >= 0.6 is 11.3 Å². The molecule has 19 heavy (non-hydrogen) atoms. The molecule has 0 aromatic carbocycles. The van der Waals surface area contributed by atoms with Crippen LogP contribution in [0.15, 0.2) is 11.4 Å². The molecule has 4 heteroatoms. The van der Waals surface area contributed by atoms with Crippen LogP contribution in [0.3, 0.4) is 0 Å². The Bertz CT molecular complexity index is 437. The van der Waals surface area contributed by atoms with Crippen molar-refractivity contribution in [2.75, 3.05) is 6.54 Å². The normalized spacial score (nSPS) is 19.0. The summed E-state index contributed by atoms with van der Waals surface area (Å²) in [4.78, 5) is 13.7. The first-order valence-electron chi connectivity index (χ1n) is 7.16. The maximum absolute atomic E-state index is 12.3. The lowest BCUT2D eigenvalue weighted by Gasteiger charge is -2.28. The second kappa shape index (κ2) is 6.06. The molecule has 0 spiro atoms. The number of hydrogen-bond acceptors (Lipinski definition) is 3. The maximum atomic E-state index is 12.3. The van der Waals surface area contributed by atoms with Gasteiger partial charge < -0.3 is 10.4 Å². The van der Waals surface area contributed by atoms with E-state index in [-0.39, 0.29) is 11.8 Å². The molecule has 1 aromatic rings.